The summed E-state index contributed by atoms with van der Waals surface area (Å²) in [4.78, 5) is 36.3. The average Bonchev–Trinajstić information content (AvgIpc) is 2.82. The summed E-state index contributed by atoms with van der Waals surface area (Å²) in [5.74, 6) is -2.58. The van der Waals surface area contributed by atoms with E-state index >= 15 is 0 Å². The number of rotatable bonds is 12. The highest BCUT2D eigenvalue weighted by Gasteiger charge is 2.30. The zero-order chi connectivity index (χ0) is 26.0. The van der Waals surface area contributed by atoms with Crippen LogP contribution >= 0.6 is 0 Å². The van der Waals surface area contributed by atoms with Gasteiger partial charge in [0.15, 0.2) is 0 Å². The molecule has 0 radical (unpaired) electrons. The number of hydrogen-bond acceptors (Lipinski definition) is 5. The molecule has 0 amide bonds. The lowest BCUT2D eigenvalue weighted by atomic mass is 9.86. The van der Waals surface area contributed by atoms with Crippen LogP contribution in [0.1, 0.15) is 75.7 Å². The second kappa shape index (κ2) is 13.1. The van der Waals surface area contributed by atoms with E-state index < -0.39 is 23.4 Å². The van der Waals surface area contributed by atoms with E-state index in [0.717, 1.165) is 29.5 Å². The number of ether oxygens (including phenoxy) is 2. The van der Waals surface area contributed by atoms with Crippen LogP contribution in [-0.2, 0) is 25.5 Å². The fraction of sp³-hybridized carbons (Fsp3) is 0.483. The summed E-state index contributed by atoms with van der Waals surface area (Å²) in [6, 6.07) is 15.2. The number of aliphatic carboxylic acids is 1. The number of carbonyl (C=O) groups is 3. The van der Waals surface area contributed by atoms with Gasteiger partial charge in [0, 0.05) is 0 Å². The molecule has 0 saturated carbocycles. The van der Waals surface area contributed by atoms with Gasteiger partial charge in [-0.25, -0.2) is 4.79 Å². The monoisotopic (exact) mass is 482 g/mol. The molecule has 0 aromatic heterocycles. The van der Waals surface area contributed by atoms with Crippen molar-refractivity contribution in [3.8, 4) is 11.1 Å². The van der Waals surface area contributed by atoms with E-state index in [9.17, 15) is 19.5 Å². The highest BCUT2D eigenvalue weighted by atomic mass is 16.6. The Morgan fingerprint density at radius 1 is 0.886 bits per heavy atom. The van der Waals surface area contributed by atoms with Crippen molar-refractivity contribution in [2.24, 2.45) is 11.8 Å². The zero-order valence-corrected chi connectivity index (χ0v) is 21.5. The van der Waals surface area contributed by atoms with Gasteiger partial charge in [0.1, 0.15) is 5.60 Å². The summed E-state index contributed by atoms with van der Waals surface area (Å²) in [6.45, 7) is 7.53. The molecule has 2 rings (SSSR count). The topological polar surface area (TPSA) is 89.9 Å². The molecule has 2 atom stereocenters. The summed E-state index contributed by atoms with van der Waals surface area (Å²) >= 11 is 0. The lowest BCUT2D eigenvalue weighted by Crippen LogP contribution is -2.31. The van der Waals surface area contributed by atoms with Crippen molar-refractivity contribution in [1.82, 2.24) is 0 Å². The maximum atomic E-state index is 12.7. The molecule has 0 bridgehead atoms. The number of methoxy groups -OCH3 is 1. The predicted octanol–water partition coefficient (Wildman–Crippen LogP) is 6.31. The minimum atomic E-state index is -0.877. The Balaban J connectivity index is 2.03. The van der Waals surface area contributed by atoms with Crippen molar-refractivity contribution >= 4 is 17.9 Å². The number of carboxylic acid groups (broad SMARTS) is 1. The lowest BCUT2D eigenvalue weighted by Gasteiger charge is -2.25. The number of esters is 2. The third-order valence-corrected chi connectivity index (χ3v) is 5.94. The van der Waals surface area contributed by atoms with Gasteiger partial charge in [-0.3, -0.25) is 9.59 Å². The van der Waals surface area contributed by atoms with Gasteiger partial charge in [-0.15, -0.1) is 0 Å². The third kappa shape index (κ3) is 9.19. The van der Waals surface area contributed by atoms with Crippen molar-refractivity contribution < 1.29 is 29.0 Å². The summed E-state index contributed by atoms with van der Waals surface area (Å²) in [5.41, 5.74) is 2.92. The summed E-state index contributed by atoms with van der Waals surface area (Å²) < 4.78 is 10.3. The Morgan fingerprint density at radius 3 is 1.94 bits per heavy atom. The molecule has 0 heterocycles. The molecule has 0 aliphatic rings. The van der Waals surface area contributed by atoms with Crippen molar-refractivity contribution in [3.63, 3.8) is 0 Å². The minimum Gasteiger partial charge on any atom is -0.481 e. The first-order valence-electron chi connectivity index (χ1n) is 12.3. The molecule has 0 aliphatic heterocycles. The fourth-order valence-electron chi connectivity index (χ4n) is 3.97. The van der Waals surface area contributed by atoms with E-state index in [4.69, 9.17) is 9.47 Å². The van der Waals surface area contributed by atoms with Crippen LogP contribution < -0.4 is 0 Å². The molecular formula is C29H38O6. The van der Waals surface area contributed by atoms with Gasteiger partial charge in [-0.05, 0) is 75.3 Å². The Morgan fingerprint density at radius 2 is 1.46 bits per heavy atom. The third-order valence-electron chi connectivity index (χ3n) is 5.94. The van der Waals surface area contributed by atoms with Crippen LogP contribution in [0.2, 0.25) is 0 Å². The Kier molecular flexibility index (Phi) is 10.5. The number of carbonyl (C=O) groups excluding carboxylic acids is 2. The second-order valence-electron chi connectivity index (χ2n) is 9.95. The molecule has 0 spiro atoms. The quantitative estimate of drug-likeness (QED) is 0.357. The SMILES string of the molecule is CCCC[C@@H](C[C@@H](CCc1ccc(-c2ccc(C(=O)OC)cc2)cc1)C(=O)O)C(=O)OC(C)(C)C. The maximum absolute atomic E-state index is 12.7. The van der Waals surface area contributed by atoms with Gasteiger partial charge in [0.25, 0.3) is 0 Å². The molecule has 0 saturated heterocycles. The van der Waals surface area contributed by atoms with Crippen LogP contribution in [0.25, 0.3) is 11.1 Å². The van der Waals surface area contributed by atoms with E-state index in [1.54, 1.807) is 12.1 Å². The molecule has 6 nitrogen and oxygen atoms in total. The molecule has 1 N–H and O–H groups in total. The molecular weight excluding hydrogens is 444 g/mol. The minimum absolute atomic E-state index is 0.287. The average molecular weight is 483 g/mol. The number of benzene rings is 2. The van der Waals surface area contributed by atoms with Crippen molar-refractivity contribution in [1.29, 1.82) is 0 Å². The maximum Gasteiger partial charge on any atom is 0.337 e. The Labute approximate surface area is 208 Å². The normalized spacial score (nSPS) is 13.1. The molecule has 6 heteroatoms. The van der Waals surface area contributed by atoms with Crippen LogP contribution in [0.4, 0.5) is 0 Å². The highest BCUT2D eigenvalue weighted by Crippen LogP contribution is 2.27. The fourth-order valence-corrected chi connectivity index (χ4v) is 3.97. The summed E-state index contributed by atoms with van der Waals surface area (Å²) in [6.07, 6.45) is 3.78. The molecule has 0 unspecified atom stereocenters. The van der Waals surface area contributed by atoms with Crippen LogP contribution in [-0.4, -0.2) is 35.7 Å². The zero-order valence-electron chi connectivity index (χ0n) is 21.5. The van der Waals surface area contributed by atoms with Gasteiger partial charge >= 0.3 is 17.9 Å². The first kappa shape index (κ1) is 28.1. The highest BCUT2D eigenvalue weighted by molar-refractivity contribution is 5.90. The van der Waals surface area contributed by atoms with E-state index in [2.05, 4.69) is 6.92 Å². The molecule has 0 fully saturated rings. The molecule has 2 aromatic carbocycles. The summed E-state index contributed by atoms with van der Waals surface area (Å²) in [5, 5.41) is 9.83. The van der Waals surface area contributed by atoms with Crippen LogP contribution in [0.3, 0.4) is 0 Å². The van der Waals surface area contributed by atoms with Crippen molar-refractivity contribution in [2.75, 3.05) is 7.11 Å². The first-order chi connectivity index (χ1) is 16.5. The van der Waals surface area contributed by atoms with Crippen LogP contribution in [0.15, 0.2) is 48.5 Å². The van der Waals surface area contributed by atoms with E-state index in [1.165, 1.54) is 7.11 Å². The molecule has 190 valence electrons. The Hall–Kier alpha value is -3.15. The Bertz CT molecular complexity index is 970. The van der Waals surface area contributed by atoms with Crippen molar-refractivity contribution in [2.45, 2.75) is 71.8 Å². The number of carboxylic acids is 1. The standard InChI is InChI=1S/C29H38O6/c1-6-7-8-25(28(33)35-29(2,3)4)19-24(26(30)31)14-11-20-9-12-21(13-10-20)22-15-17-23(18-16-22)27(32)34-5/h9-10,12-13,15-18,24-25H,6-8,11,14,19H2,1-5H3,(H,30,31)/t24-,25+/m1/s1. The van der Waals surface area contributed by atoms with Gasteiger partial charge in [-0.2, -0.15) is 0 Å². The molecule has 0 aliphatic carbocycles. The lowest BCUT2D eigenvalue weighted by molar-refractivity contribution is -0.161. The second-order valence-corrected chi connectivity index (χ2v) is 9.95. The number of hydrogen-bond donors (Lipinski definition) is 1. The van der Waals surface area contributed by atoms with E-state index in [1.807, 2.05) is 57.2 Å². The van der Waals surface area contributed by atoms with Gasteiger partial charge in [0.2, 0.25) is 0 Å². The molecule has 35 heavy (non-hydrogen) atoms. The van der Waals surface area contributed by atoms with Gasteiger partial charge in [-0.1, -0.05) is 56.2 Å². The smallest absolute Gasteiger partial charge is 0.337 e. The van der Waals surface area contributed by atoms with Crippen molar-refractivity contribution in [3.05, 3.63) is 59.7 Å². The van der Waals surface area contributed by atoms with Gasteiger partial charge in [0.05, 0.1) is 24.5 Å². The van der Waals surface area contributed by atoms with Crippen LogP contribution in [0.5, 0.6) is 0 Å². The van der Waals surface area contributed by atoms with Gasteiger partial charge < -0.3 is 14.6 Å². The first-order valence-corrected chi connectivity index (χ1v) is 12.3. The largest absolute Gasteiger partial charge is 0.481 e. The number of unbranched alkanes of at least 4 members (excludes halogenated alkanes) is 1. The molecule has 2 aromatic rings. The van der Waals surface area contributed by atoms with Crippen LogP contribution in [0, 0.1) is 11.8 Å². The summed E-state index contributed by atoms with van der Waals surface area (Å²) in [7, 11) is 1.35. The van der Waals surface area contributed by atoms with E-state index in [0.29, 0.717) is 24.8 Å². The predicted molar refractivity (Wildman–Crippen MR) is 136 cm³/mol. The van der Waals surface area contributed by atoms with E-state index in [-0.39, 0.29) is 18.4 Å². The number of aryl methyl sites for hydroxylation is 1.